The minimum atomic E-state index is -0.317. The fraction of sp³-hybridized carbons (Fsp3) is 0.381. The molecule has 0 unspecified atom stereocenters. The third-order valence-electron chi connectivity index (χ3n) is 5.22. The van der Waals surface area contributed by atoms with Crippen LogP contribution in [0.2, 0.25) is 0 Å². The maximum atomic E-state index is 13.3. The maximum Gasteiger partial charge on any atom is 0.253 e. The van der Waals surface area contributed by atoms with E-state index in [-0.39, 0.29) is 29.7 Å². The van der Waals surface area contributed by atoms with E-state index < -0.39 is 0 Å². The first-order chi connectivity index (χ1) is 12.9. The van der Waals surface area contributed by atoms with E-state index in [1.54, 1.807) is 36.1 Å². The molecule has 27 heavy (non-hydrogen) atoms. The first kappa shape index (κ1) is 19.0. The minimum absolute atomic E-state index is 0.0759. The van der Waals surface area contributed by atoms with Gasteiger partial charge in [-0.05, 0) is 49.9 Å². The average Bonchev–Trinajstić information content (AvgIpc) is 2.68. The van der Waals surface area contributed by atoms with Crippen molar-refractivity contribution in [1.29, 1.82) is 0 Å². The van der Waals surface area contributed by atoms with Crippen LogP contribution in [-0.4, -0.2) is 40.8 Å². The van der Waals surface area contributed by atoms with Gasteiger partial charge in [-0.1, -0.05) is 12.1 Å². The van der Waals surface area contributed by atoms with Crippen LogP contribution in [0.15, 0.2) is 42.6 Å². The molecular weight excluding hydrogens is 345 g/mol. The number of hydrogen-bond donors (Lipinski definition) is 1. The molecule has 2 aromatic rings. The Morgan fingerprint density at radius 2 is 1.89 bits per heavy atom. The monoisotopic (exact) mass is 369 g/mol. The molecule has 1 aliphatic rings. The first-order valence-electron chi connectivity index (χ1n) is 9.20. The van der Waals surface area contributed by atoms with Gasteiger partial charge >= 0.3 is 0 Å². The van der Waals surface area contributed by atoms with Crippen LogP contribution in [0, 0.1) is 5.82 Å². The highest BCUT2D eigenvalue weighted by atomic mass is 19.1. The summed E-state index contributed by atoms with van der Waals surface area (Å²) in [4.78, 5) is 30.0. The van der Waals surface area contributed by atoms with E-state index in [1.165, 1.54) is 18.3 Å². The molecule has 142 valence electrons. The first-order valence-corrected chi connectivity index (χ1v) is 9.20. The van der Waals surface area contributed by atoms with Gasteiger partial charge < -0.3 is 10.2 Å². The number of rotatable bonds is 4. The SMILES string of the molecule is CC(=O)N(C)C1CCC(NC(=O)c2ccc(-c3cccc(F)c3)nc2)CC1. The lowest BCUT2D eigenvalue weighted by Gasteiger charge is -2.34. The number of nitrogens with zero attached hydrogens (tertiary/aromatic N) is 2. The van der Waals surface area contributed by atoms with Crippen molar-refractivity contribution < 1.29 is 14.0 Å². The Hall–Kier alpha value is -2.76. The predicted octanol–water partition coefficient (Wildman–Crippen LogP) is 3.41. The summed E-state index contributed by atoms with van der Waals surface area (Å²) in [6.45, 7) is 1.58. The molecule has 6 heteroatoms. The molecule has 0 bridgehead atoms. The van der Waals surface area contributed by atoms with Gasteiger partial charge in [-0.2, -0.15) is 0 Å². The van der Waals surface area contributed by atoms with Crippen LogP contribution in [0.4, 0.5) is 4.39 Å². The molecule has 3 rings (SSSR count). The summed E-state index contributed by atoms with van der Waals surface area (Å²) in [6, 6.07) is 10.0. The summed E-state index contributed by atoms with van der Waals surface area (Å²) in [5.74, 6) is -0.397. The summed E-state index contributed by atoms with van der Waals surface area (Å²) in [5, 5.41) is 3.05. The smallest absolute Gasteiger partial charge is 0.253 e. The second-order valence-corrected chi connectivity index (χ2v) is 7.05. The van der Waals surface area contributed by atoms with E-state index in [0.29, 0.717) is 16.8 Å². The second kappa shape index (κ2) is 8.29. The molecule has 0 saturated heterocycles. The van der Waals surface area contributed by atoms with Crippen molar-refractivity contribution in [3.05, 3.63) is 54.0 Å². The largest absolute Gasteiger partial charge is 0.349 e. The maximum absolute atomic E-state index is 13.3. The number of amides is 2. The van der Waals surface area contributed by atoms with Crippen LogP contribution in [0.1, 0.15) is 43.0 Å². The van der Waals surface area contributed by atoms with Gasteiger partial charge in [0.1, 0.15) is 5.82 Å². The fourth-order valence-electron chi connectivity index (χ4n) is 3.48. The zero-order chi connectivity index (χ0) is 19.4. The van der Waals surface area contributed by atoms with E-state index in [2.05, 4.69) is 10.3 Å². The summed E-state index contributed by atoms with van der Waals surface area (Å²) >= 11 is 0. The Bertz CT molecular complexity index is 814. The highest BCUT2D eigenvalue weighted by Crippen LogP contribution is 2.23. The minimum Gasteiger partial charge on any atom is -0.349 e. The summed E-state index contributed by atoms with van der Waals surface area (Å²) in [5.41, 5.74) is 1.78. The molecule has 5 nitrogen and oxygen atoms in total. The molecule has 1 aliphatic carbocycles. The number of carbonyl (C=O) groups is 2. The molecule has 0 atom stereocenters. The van der Waals surface area contributed by atoms with Gasteiger partial charge in [0, 0.05) is 37.8 Å². The predicted molar refractivity (Wildman–Crippen MR) is 102 cm³/mol. The van der Waals surface area contributed by atoms with Crippen LogP contribution in [0.5, 0.6) is 0 Å². The molecule has 2 amide bonds. The third-order valence-corrected chi connectivity index (χ3v) is 5.22. The van der Waals surface area contributed by atoms with Crippen LogP contribution < -0.4 is 5.32 Å². The topological polar surface area (TPSA) is 62.3 Å². The molecular formula is C21H24FN3O2. The van der Waals surface area contributed by atoms with Crippen molar-refractivity contribution in [2.45, 2.75) is 44.7 Å². The summed E-state index contributed by atoms with van der Waals surface area (Å²) < 4.78 is 13.3. The Kier molecular flexibility index (Phi) is 5.84. The number of carbonyl (C=O) groups excluding carboxylic acids is 2. The molecule has 1 heterocycles. The van der Waals surface area contributed by atoms with E-state index in [0.717, 1.165) is 25.7 Å². The third kappa shape index (κ3) is 4.70. The van der Waals surface area contributed by atoms with Crippen LogP contribution in [-0.2, 0) is 4.79 Å². The highest BCUT2D eigenvalue weighted by Gasteiger charge is 2.26. The van der Waals surface area contributed by atoms with Gasteiger partial charge in [-0.3, -0.25) is 14.6 Å². The number of nitrogens with one attached hydrogen (secondary N) is 1. The molecule has 1 aromatic carbocycles. The standard InChI is InChI=1S/C21H24FN3O2/c1-14(26)25(2)19-9-7-18(8-10-19)24-21(27)16-6-11-20(23-13-16)15-4-3-5-17(22)12-15/h3-6,11-13,18-19H,7-10H2,1-2H3,(H,24,27). The van der Waals surface area contributed by atoms with Gasteiger partial charge in [0.25, 0.3) is 5.91 Å². The van der Waals surface area contributed by atoms with Crippen molar-refractivity contribution in [3.8, 4) is 11.3 Å². The van der Waals surface area contributed by atoms with Gasteiger partial charge in [-0.25, -0.2) is 4.39 Å². The summed E-state index contributed by atoms with van der Waals surface area (Å²) in [7, 11) is 1.83. The molecule has 0 aliphatic heterocycles. The molecule has 1 fully saturated rings. The van der Waals surface area contributed by atoms with Crippen LogP contribution in [0.3, 0.4) is 0 Å². The Balaban J connectivity index is 1.57. The quantitative estimate of drug-likeness (QED) is 0.898. The zero-order valence-corrected chi connectivity index (χ0v) is 15.6. The van der Waals surface area contributed by atoms with E-state index in [9.17, 15) is 14.0 Å². The van der Waals surface area contributed by atoms with Crippen molar-refractivity contribution in [2.24, 2.45) is 0 Å². The molecule has 1 N–H and O–H groups in total. The van der Waals surface area contributed by atoms with Gasteiger partial charge in [0.2, 0.25) is 5.91 Å². The van der Waals surface area contributed by atoms with E-state index in [1.807, 2.05) is 7.05 Å². The number of pyridine rings is 1. The number of hydrogen-bond acceptors (Lipinski definition) is 3. The molecule has 1 saturated carbocycles. The normalized spacial score (nSPS) is 19.4. The molecule has 0 radical (unpaired) electrons. The zero-order valence-electron chi connectivity index (χ0n) is 15.6. The van der Waals surface area contributed by atoms with Gasteiger partial charge in [0.05, 0.1) is 11.3 Å². The Morgan fingerprint density at radius 3 is 2.48 bits per heavy atom. The van der Waals surface area contributed by atoms with Crippen LogP contribution in [0.25, 0.3) is 11.3 Å². The van der Waals surface area contributed by atoms with Crippen LogP contribution >= 0.6 is 0 Å². The average molecular weight is 369 g/mol. The van der Waals surface area contributed by atoms with E-state index >= 15 is 0 Å². The lowest BCUT2D eigenvalue weighted by atomic mass is 9.90. The van der Waals surface area contributed by atoms with Gasteiger partial charge in [-0.15, -0.1) is 0 Å². The van der Waals surface area contributed by atoms with E-state index in [4.69, 9.17) is 0 Å². The highest BCUT2D eigenvalue weighted by molar-refractivity contribution is 5.94. The van der Waals surface area contributed by atoms with Crippen molar-refractivity contribution in [2.75, 3.05) is 7.05 Å². The Labute approximate surface area is 158 Å². The van der Waals surface area contributed by atoms with Crippen molar-refractivity contribution >= 4 is 11.8 Å². The fourth-order valence-corrected chi connectivity index (χ4v) is 3.48. The van der Waals surface area contributed by atoms with Gasteiger partial charge in [0.15, 0.2) is 0 Å². The second-order valence-electron chi connectivity index (χ2n) is 7.05. The number of benzene rings is 1. The van der Waals surface area contributed by atoms with Crippen molar-refractivity contribution in [1.82, 2.24) is 15.2 Å². The Morgan fingerprint density at radius 1 is 1.15 bits per heavy atom. The van der Waals surface area contributed by atoms with Crippen molar-refractivity contribution in [3.63, 3.8) is 0 Å². The molecule has 0 spiro atoms. The number of aromatic nitrogens is 1. The lowest BCUT2D eigenvalue weighted by Crippen LogP contribution is -2.44. The molecule has 1 aromatic heterocycles. The number of halogens is 1. The lowest BCUT2D eigenvalue weighted by molar-refractivity contribution is -0.130. The summed E-state index contributed by atoms with van der Waals surface area (Å²) in [6.07, 6.45) is 4.99.